The Bertz CT molecular complexity index is 1270. The van der Waals surface area contributed by atoms with Crippen LogP contribution >= 0.6 is 11.8 Å². The van der Waals surface area contributed by atoms with Gasteiger partial charge >= 0.3 is 0 Å². The molecule has 0 aromatic carbocycles. The predicted octanol–water partition coefficient (Wildman–Crippen LogP) is 3.09. The van der Waals surface area contributed by atoms with Crippen LogP contribution in [0.2, 0.25) is 0 Å². The number of nitrogens with zero attached hydrogens (tertiary/aromatic N) is 7. The molecule has 0 saturated heterocycles. The number of thioether (sulfide) groups is 1. The van der Waals surface area contributed by atoms with Gasteiger partial charge in [0.25, 0.3) is 5.95 Å². The van der Waals surface area contributed by atoms with Crippen molar-refractivity contribution < 1.29 is 4.79 Å². The lowest BCUT2D eigenvalue weighted by atomic mass is 10.1. The molecule has 1 atom stereocenters. The molecule has 1 N–H and O–H groups in total. The first-order valence-electron chi connectivity index (χ1n) is 10.8. The molecule has 4 rings (SSSR count). The van der Waals surface area contributed by atoms with E-state index >= 15 is 0 Å². The van der Waals surface area contributed by atoms with Crippen LogP contribution in [0.3, 0.4) is 0 Å². The SMILES string of the molecule is CSCCC(NC(=O)Cc1c(C)nn(-c2nc(C)cc(C)n2)c1C)c1nnc2ccccn12. The van der Waals surface area contributed by atoms with Gasteiger partial charge in [0.2, 0.25) is 5.91 Å². The third kappa shape index (κ3) is 4.90. The van der Waals surface area contributed by atoms with Crippen LogP contribution in [0.15, 0.2) is 30.5 Å². The summed E-state index contributed by atoms with van der Waals surface area (Å²) in [5, 5.41) is 16.4. The van der Waals surface area contributed by atoms with Crippen LogP contribution in [0.4, 0.5) is 0 Å². The normalized spacial score (nSPS) is 12.3. The fourth-order valence-electron chi connectivity index (χ4n) is 3.93. The van der Waals surface area contributed by atoms with Gasteiger partial charge < -0.3 is 5.32 Å². The van der Waals surface area contributed by atoms with Crippen LogP contribution in [0.5, 0.6) is 0 Å². The first kappa shape index (κ1) is 22.9. The van der Waals surface area contributed by atoms with Crippen LogP contribution in [0.1, 0.15) is 46.6 Å². The highest BCUT2D eigenvalue weighted by Gasteiger charge is 2.23. The summed E-state index contributed by atoms with van der Waals surface area (Å²) in [6.07, 6.45) is 4.95. The number of hydrogen-bond acceptors (Lipinski definition) is 7. The maximum atomic E-state index is 13.1. The van der Waals surface area contributed by atoms with E-state index in [1.54, 1.807) is 16.4 Å². The highest BCUT2D eigenvalue weighted by molar-refractivity contribution is 7.98. The maximum absolute atomic E-state index is 13.1. The van der Waals surface area contributed by atoms with Gasteiger partial charge in [-0.15, -0.1) is 10.2 Å². The van der Waals surface area contributed by atoms with E-state index in [1.165, 1.54) is 0 Å². The molecule has 0 aliphatic carbocycles. The summed E-state index contributed by atoms with van der Waals surface area (Å²) in [6.45, 7) is 7.72. The Labute approximate surface area is 197 Å². The molecule has 4 heterocycles. The Morgan fingerprint density at radius 1 is 1.12 bits per heavy atom. The van der Waals surface area contributed by atoms with E-state index in [4.69, 9.17) is 0 Å². The highest BCUT2D eigenvalue weighted by Crippen LogP contribution is 2.21. The maximum Gasteiger partial charge on any atom is 0.251 e. The molecule has 0 bridgehead atoms. The monoisotopic (exact) mass is 464 g/mol. The number of rotatable bonds is 8. The molecule has 0 aliphatic heterocycles. The minimum Gasteiger partial charge on any atom is -0.346 e. The van der Waals surface area contributed by atoms with Crippen molar-refractivity contribution in [3.8, 4) is 5.95 Å². The topological polar surface area (TPSA) is 103 Å². The van der Waals surface area contributed by atoms with Crippen LogP contribution < -0.4 is 5.32 Å². The van der Waals surface area contributed by atoms with Gasteiger partial charge in [0.05, 0.1) is 18.2 Å². The summed E-state index contributed by atoms with van der Waals surface area (Å²) < 4.78 is 3.65. The molecule has 33 heavy (non-hydrogen) atoms. The third-order valence-corrected chi connectivity index (χ3v) is 6.18. The second kappa shape index (κ2) is 9.70. The van der Waals surface area contributed by atoms with Gasteiger partial charge in [-0.3, -0.25) is 9.20 Å². The zero-order chi connectivity index (χ0) is 23.5. The van der Waals surface area contributed by atoms with Crippen LogP contribution in [0.25, 0.3) is 11.6 Å². The molecule has 0 spiro atoms. The summed E-state index contributed by atoms with van der Waals surface area (Å²) in [5.74, 6) is 2.07. The Balaban J connectivity index is 1.57. The molecule has 0 fully saturated rings. The molecule has 4 aromatic heterocycles. The zero-order valence-electron chi connectivity index (χ0n) is 19.5. The quantitative estimate of drug-likeness (QED) is 0.427. The van der Waals surface area contributed by atoms with Crippen molar-refractivity contribution in [3.63, 3.8) is 0 Å². The summed E-state index contributed by atoms with van der Waals surface area (Å²) in [6, 6.07) is 7.45. The second-order valence-electron chi connectivity index (χ2n) is 8.08. The Morgan fingerprint density at radius 3 is 2.61 bits per heavy atom. The minimum atomic E-state index is -0.235. The van der Waals surface area contributed by atoms with Crippen molar-refractivity contribution >= 4 is 23.3 Å². The summed E-state index contributed by atoms with van der Waals surface area (Å²) in [5.41, 5.74) is 5.05. The van der Waals surface area contributed by atoms with Gasteiger partial charge in [0.15, 0.2) is 11.5 Å². The lowest BCUT2D eigenvalue weighted by molar-refractivity contribution is -0.121. The second-order valence-corrected chi connectivity index (χ2v) is 9.06. The lowest BCUT2D eigenvalue weighted by Crippen LogP contribution is -2.31. The fourth-order valence-corrected chi connectivity index (χ4v) is 4.40. The molecule has 1 amide bonds. The van der Waals surface area contributed by atoms with Crippen molar-refractivity contribution in [2.45, 2.75) is 46.6 Å². The predicted molar refractivity (Wildman–Crippen MR) is 129 cm³/mol. The molecule has 172 valence electrons. The van der Waals surface area contributed by atoms with E-state index in [1.807, 2.05) is 62.6 Å². The van der Waals surface area contributed by atoms with E-state index in [0.717, 1.165) is 52.0 Å². The van der Waals surface area contributed by atoms with Crippen molar-refractivity contribution in [1.29, 1.82) is 0 Å². The molecule has 0 aliphatic rings. The van der Waals surface area contributed by atoms with Gasteiger partial charge in [-0.1, -0.05) is 6.07 Å². The van der Waals surface area contributed by atoms with Gasteiger partial charge in [-0.25, -0.2) is 14.6 Å². The first-order chi connectivity index (χ1) is 15.9. The molecule has 0 radical (unpaired) electrons. The summed E-state index contributed by atoms with van der Waals surface area (Å²) >= 11 is 1.74. The first-order valence-corrected chi connectivity index (χ1v) is 12.2. The number of amides is 1. The van der Waals surface area contributed by atoms with E-state index in [0.29, 0.717) is 5.95 Å². The van der Waals surface area contributed by atoms with Crippen LogP contribution in [0, 0.1) is 27.7 Å². The number of carbonyl (C=O) groups is 1. The Kier molecular flexibility index (Phi) is 6.73. The van der Waals surface area contributed by atoms with Crippen molar-refractivity contribution in [2.24, 2.45) is 0 Å². The minimum absolute atomic E-state index is 0.0825. The average molecular weight is 465 g/mol. The number of fused-ring (bicyclic) bond motifs is 1. The van der Waals surface area contributed by atoms with Crippen LogP contribution in [-0.2, 0) is 11.2 Å². The third-order valence-electron chi connectivity index (χ3n) is 5.54. The zero-order valence-corrected chi connectivity index (χ0v) is 20.3. The lowest BCUT2D eigenvalue weighted by Gasteiger charge is -2.17. The van der Waals surface area contributed by atoms with Gasteiger partial charge in [0, 0.05) is 28.8 Å². The van der Waals surface area contributed by atoms with E-state index < -0.39 is 0 Å². The van der Waals surface area contributed by atoms with Gasteiger partial charge in [0.1, 0.15) is 0 Å². The highest BCUT2D eigenvalue weighted by atomic mass is 32.2. The summed E-state index contributed by atoms with van der Waals surface area (Å²) in [4.78, 5) is 22.2. The molecular formula is C23H28N8OS. The Morgan fingerprint density at radius 2 is 1.88 bits per heavy atom. The number of nitrogens with one attached hydrogen (secondary N) is 1. The van der Waals surface area contributed by atoms with E-state index in [2.05, 4.69) is 36.8 Å². The number of pyridine rings is 1. The number of aryl methyl sites for hydroxylation is 3. The number of carbonyl (C=O) groups excluding carboxylic acids is 1. The van der Waals surface area contributed by atoms with Crippen molar-refractivity contribution in [1.82, 2.24) is 39.7 Å². The van der Waals surface area contributed by atoms with Crippen molar-refractivity contribution in [2.75, 3.05) is 12.0 Å². The van der Waals surface area contributed by atoms with Gasteiger partial charge in [-0.2, -0.15) is 16.9 Å². The molecular weight excluding hydrogens is 436 g/mol. The van der Waals surface area contributed by atoms with E-state index in [-0.39, 0.29) is 18.4 Å². The fraction of sp³-hybridized carbons (Fsp3) is 0.391. The van der Waals surface area contributed by atoms with Gasteiger partial charge in [-0.05, 0) is 64.3 Å². The molecule has 0 saturated carbocycles. The standard InChI is InChI=1S/C23H28N8OS/c1-14-12-15(2)25-23(24-14)31-17(4)18(16(3)29-31)13-21(32)26-19(9-11-33-5)22-28-27-20-8-6-7-10-30(20)22/h6-8,10,12,19H,9,11,13H2,1-5H3,(H,26,32). The molecule has 4 aromatic rings. The molecule has 9 nitrogen and oxygen atoms in total. The Hall–Kier alpha value is -3.27. The summed E-state index contributed by atoms with van der Waals surface area (Å²) in [7, 11) is 0. The average Bonchev–Trinajstić information content (AvgIpc) is 3.32. The van der Waals surface area contributed by atoms with Crippen molar-refractivity contribution in [3.05, 3.63) is 64.6 Å². The largest absolute Gasteiger partial charge is 0.346 e. The smallest absolute Gasteiger partial charge is 0.251 e. The number of aromatic nitrogens is 7. The number of hydrogen-bond donors (Lipinski definition) is 1. The van der Waals surface area contributed by atoms with E-state index in [9.17, 15) is 4.79 Å². The molecule has 1 unspecified atom stereocenters. The van der Waals surface area contributed by atoms with Crippen LogP contribution in [-0.4, -0.2) is 52.3 Å². The molecule has 10 heteroatoms.